The number of hydrogen-bond donors (Lipinski definition) is 2. The predicted molar refractivity (Wildman–Crippen MR) is 65.9 cm³/mol. The molecule has 1 amide bonds. The van der Waals surface area contributed by atoms with Gasteiger partial charge in [0.2, 0.25) is 10.0 Å². The van der Waals surface area contributed by atoms with Gasteiger partial charge in [-0.15, -0.1) is 0 Å². The predicted octanol–water partition coefficient (Wildman–Crippen LogP) is 0.235. The Balaban J connectivity index is 3.26. The minimum Gasteiger partial charge on any atom is -0.293 e. The van der Waals surface area contributed by atoms with Crippen molar-refractivity contribution in [2.45, 2.75) is 0 Å². The van der Waals surface area contributed by atoms with E-state index in [1.807, 2.05) is 0 Å². The third-order valence-corrected chi connectivity index (χ3v) is 3.39. The maximum absolute atomic E-state index is 13.6. The number of halogens is 2. The summed E-state index contributed by atoms with van der Waals surface area (Å²) >= 11 is 5.67. The molecule has 18 heavy (non-hydrogen) atoms. The lowest BCUT2D eigenvalue weighted by molar-refractivity contribution is -0.119. The average molecular weight is 296 g/mol. The van der Waals surface area contributed by atoms with Gasteiger partial charge in [0.05, 0.1) is 11.9 Å². The van der Waals surface area contributed by atoms with Crippen LogP contribution in [-0.4, -0.2) is 27.1 Å². The SMILES string of the molecule is CS(=O)(=O)N(CC(=O)NN)c1cc(Cl)ccc1F. The molecule has 1 aromatic rings. The fourth-order valence-electron chi connectivity index (χ4n) is 1.23. The molecule has 0 aliphatic heterocycles. The van der Waals surface area contributed by atoms with Crippen LogP contribution in [0.5, 0.6) is 0 Å². The zero-order valence-corrected chi connectivity index (χ0v) is 10.9. The third-order valence-electron chi connectivity index (χ3n) is 2.03. The van der Waals surface area contributed by atoms with Gasteiger partial charge in [0.1, 0.15) is 12.4 Å². The quantitative estimate of drug-likeness (QED) is 0.473. The molecule has 0 aromatic heterocycles. The second kappa shape index (κ2) is 5.51. The normalized spacial score (nSPS) is 11.1. The Morgan fingerprint density at radius 2 is 2.17 bits per heavy atom. The van der Waals surface area contributed by atoms with Crippen molar-refractivity contribution < 1.29 is 17.6 Å². The first-order valence-corrected chi connectivity index (χ1v) is 6.90. The van der Waals surface area contributed by atoms with Crippen LogP contribution in [0.2, 0.25) is 5.02 Å². The van der Waals surface area contributed by atoms with Crippen LogP contribution in [0.25, 0.3) is 0 Å². The van der Waals surface area contributed by atoms with E-state index < -0.39 is 28.3 Å². The fraction of sp³-hybridized carbons (Fsp3) is 0.222. The fourth-order valence-corrected chi connectivity index (χ4v) is 2.25. The molecule has 0 saturated heterocycles. The second-order valence-corrected chi connectivity index (χ2v) is 5.78. The number of hydrazine groups is 1. The molecule has 6 nitrogen and oxygen atoms in total. The number of nitrogens with zero attached hydrogens (tertiary/aromatic N) is 1. The first-order chi connectivity index (χ1) is 8.25. The summed E-state index contributed by atoms with van der Waals surface area (Å²) in [5.74, 6) is 3.28. The molecular formula is C9H11ClFN3O3S. The molecule has 0 bridgehead atoms. The number of carbonyl (C=O) groups excluding carboxylic acids is 1. The van der Waals surface area contributed by atoms with E-state index in [9.17, 15) is 17.6 Å². The van der Waals surface area contributed by atoms with Crippen molar-refractivity contribution in [2.75, 3.05) is 17.1 Å². The maximum atomic E-state index is 13.6. The molecule has 0 radical (unpaired) electrons. The molecule has 0 aliphatic carbocycles. The largest absolute Gasteiger partial charge is 0.293 e. The highest BCUT2D eigenvalue weighted by atomic mass is 35.5. The molecule has 0 aliphatic rings. The lowest BCUT2D eigenvalue weighted by Crippen LogP contribution is -2.43. The second-order valence-electron chi connectivity index (χ2n) is 3.43. The highest BCUT2D eigenvalue weighted by molar-refractivity contribution is 7.92. The van der Waals surface area contributed by atoms with Crippen molar-refractivity contribution in [1.29, 1.82) is 0 Å². The number of nitrogens with one attached hydrogen (secondary N) is 1. The molecule has 0 atom stereocenters. The summed E-state index contributed by atoms with van der Waals surface area (Å²) < 4.78 is 37.2. The van der Waals surface area contributed by atoms with E-state index in [-0.39, 0.29) is 10.7 Å². The van der Waals surface area contributed by atoms with Gasteiger partial charge in [-0.2, -0.15) is 0 Å². The van der Waals surface area contributed by atoms with Crippen LogP contribution < -0.4 is 15.6 Å². The Bertz CT molecular complexity index is 564. The number of sulfonamides is 1. The maximum Gasteiger partial charge on any atom is 0.254 e. The number of anilines is 1. The van der Waals surface area contributed by atoms with E-state index in [4.69, 9.17) is 17.4 Å². The Hall–Kier alpha value is -1.38. The summed E-state index contributed by atoms with van der Waals surface area (Å²) in [5.41, 5.74) is 1.46. The topological polar surface area (TPSA) is 92.5 Å². The Kier molecular flexibility index (Phi) is 4.49. The molecule has 9 heteroatoms. The van der Waals surface area contributed by atoms with Crippen LogP contribution in [0.15, 0.2) is 18.2 Å². The van der Waals surface area contributed by atoms with Gasteiger partial charge in [0.15, 0.2) is 0 Å². The minimum absolute atomic E-state index is 0.146. The molecule has 3 N–H and O–H groups in total. The Morgan fingerprint density at radius 3 is 2.67 bits per heavy atom. The van der Waals surface area contributed by atoms with Crippen LogP contribution in [0, 0.1) is 5.82 Å². The molecule has 0 fully saturated rings. The molecule has 100 valence electrons. The number of nitrogens with two attached hydrogens (primary N) is 1. The summed E-state index contributed by atoms with van der Waals surface area (Å²) in [7, 11) is -3.84. The summed E-state index contributed by atoms with van der Waals surface area (Å²) in [6, 6.07) is 3.39. The summed E-state index contributed by atoms with van der Waals surface area (Å²) in [6.07, 6.45) is 0.844. The first kappa shape index (κ1) is 14.7. The Morgan fingerprint density at radius 1 is 1.56 bits per heavy atom. The lowest BCUT2D eigenvalue weighted by atomic mass is 10.3. The Labute approximate surface area is 109 Å². The van der Waals surface area contributed by atoms with Crippen molar-refractivity contribution in [1.82, 2.24) is 5.43 Å². The van der Waals surface area contributed by atoms with Gasteiger partial charge >= 0.3 is 0 Å². The van der Waals surface area contributed by atoms with Gasteiger partial charge in [-0.1, -0.05) is 11.6 Å². The monoisotopic (exact) mass is 295 g/mol. The smallest absolute Gasteiger partial charge is 0.254 e. The van der Waals surface area contributed by atoms with E-state index in [0.29, 0.717) is 4.31 Å². The van der Waals surface area contributed by atoms with Gasteiger partial charge in [-0.25, -0.2) is 18.7 Å². The van der Waals surface area contributed by atoms with E-state index in [1.54, 1.807) is 5.43 Å². The molecular weight excluding hydrogens is 285 g/mol. The zero-order chi connectivity index (χ0) is 13.9. The highest BCUT2D eigenvalue weighted by Gasteiger charge is 2.23. The number of rotatable bonds is 4. The number of carbonyl (C=O) groups is 1. The molecule has 0 unspecified atom stereocenters. The van der Waals surface area contributed by atoms with Crippen molar-refractivity contribution in [3.8, 4) is 0 Å². The van der Waals surface area contributed by atoms with Crippen LogP contribution in [0.4, 0.5) is 10.1 Å². The zero-order valence-electron chi connectivity index (χ0n) is 9.35. The van der Waals surface area contributed by atoms with E-state index >= 15 is 0 Å². The van der Waals surface area contributed by atoms with Gasteiger partial charge in [-0.3, -0.25) is 14.5 Å². The molecule has 0 spiro atoms. The highest BCUT2D eigenvalue weighted by Crippen LogP contribution is 2.25. The molecule has 0 saturated carbocycles. The minimum atomic E-state index is -3.84. The van der Waals surface area contributed by atoms with Crippen LogP contribution in [0.1, 0.15) is 0 Å². The van der Waals surface area contributed by atoms with Crippen molar-refractivity contribution in [3.63, 3.8) is 0 Å². The summed E-state index contributed by atoms with van der Waals surface area (Å²) in [4.78, 5) is 11.1. The summed E-state index contributed by atoms with van der Waals surface area (Å²) in [6.45, 7) is -0.632. The van der Waals surface area contributed by atoms with E-state index in [0.717, 1.165) is 18.4 Å². The van der Waals surface area contributed by atoms with Crippen molar-refractivity contribution >= 4 is 33.2 Å². The van der Waals surface area contributed by atoms with Gasteiger partial charge in [0.25, 0.3) is 5.91 Å². The average Bonchev–Trinajstić information content (AvgIpc) is 2.27. The molecule has 0 heterocycles. The molecule has 1 rings (SSSR count). The van der Waals surface area contributed by atoms with Crippen molar-refractivity contribution in [3.05, 3.63) is 29.0 Å². The van der Waals surface area contributed by atoms with Gasteiger partial charge in [0, 0.05) is 5.02 Å². The molecule has 1 aromatic carbocycles. The number of benzene rings is 1. The lowest BCUT2D eigenvalue weighted by Gasteiger charge is -2.21. The van der Waals surface area contributed by atoms with Crippen molar-refractivity contribution in [2.24, 2.45) is 5.84 Å². The summed E-state index contributed by atoms with van der Waals surface area (Å²) in [5, 5.41) is 0.146. The standard InChI is InChI=1S/C9H11ClFN3O3S/c1-18(16,17)14(5-9(15)13-12)8-4-6(10)2-3-7(8)11/h2-4H,5,12H2,1H3,(H,13,15). The van der Waals surface area contributed by atoms with Crippen LogP contribution in [-0.2, 0) is 14.8 Å². The number of amides is 1. The van der Waals surface area contributed by atoms with Gasteiger partial charge in [-0.05, 0) is 18.2 Å². The van der Waals surface area contributed by atoms with Crippen LogP contribution >= 0.6 is 11.6 Å². The van der Waals surface area contributed by atoms with E-state index in [2.05, 4.69) is 0 Å². The first-order valence-electron chi connectivity index (χ1n) is 4.68. The number of hydrogen-bond acceptors (Lipinski definition) is 4. The van der Waals surface area contributed by atoms with Crippen LogP contribution in [0.3, 0.4) is 0 Å². The van der Waals surface area contributed by atoms with E-state index in [1.165, 1.54) is 6.07 Å². The van der Waals surface area contributed by atoms with Gasteiger partial charge < -0.3 is 0 Å². The third kappa shape index (κ3) is 3.56.